The highest BCUT2D eigenvalue weighted by molar-refractivity contribution is 6.02. The molecule has 1 aromatic carbocycles. The Morgan fingerprint density at radius 2 is 1.88 bits per heavy atom. The lowest BCUT2D eigenvalue weighted by Crippen LogP contribution is -3.18. The van der Waals surface area contributed by atoms with E-state index < -0.39 is 17.8 Å². The first-order chi connectivity index (χ1) is 11.6. The molecular formula is C18H24FN2O3+. The van der Waals surface area contributed by atoms with Gasteiger partial charge in [0.05, 0.1) is 19.1 Å². The summed E-state index contributed by atoms with van der Waals surface area (Å²) < 4.78 is 18.1. The largest absolute Gasteiger partial charge is 0.449 e. The van der Waals surface area contributed by atoms with E-state index in [2.05, 4.69) is 5.32 Å². The Kier molecular flexibility index (Phi) is 5.45. The maximum absolute atomic E-state index is 12.8. The molecule has 2 heterocycles. The molecule has 2 aliphatic heterocycles. The third kappa shape index (κ3) is 4.12. The zero-order valence-corrected chi connectivity index (χ0v) is 13.7. The Balaban J connectivity index is 1.48. The maximum Gasteiger partial charge on any atom is 0.414 e. The summed E-state index contributed by atoms with van der Waals surface area (Å²) in [6.07, 6.45) is 5.24. The molecule has 6 heteroatoms. The van der Waals surface area contributed by atoms with E-state index in [9.17, 15) is 14.0 Å². The molecule has 2 aliphatic rings. The maximum atomic E-state index is 12.8. The Labute approximate surface area is 141 Å². The second-order valence-electron chi connectivity index (χ2n) is 6.72. The summed E-state index contributed by atoms with van der Waals surface area (Å²) in [7, 11) is 0. The second-order valence-corrected chi connectivity index (χ2v) is 6.72. The summed E-state index contributed by atoms with van der Waals surface area (Å²) in [6.45, 7) is 2.80. The lowest BCUT2D eigenvalue weighted by atomic mass is 9.84. The lowest BCUT2D eigenvalue weighted by molar-refractivity contribution is -0.940. The van der Waals surface area contributed by atoms with Crippen LogP contribution in [-0.2, 0) is 4.74 Å². The molecule has 0 spiro atoms. The molecular weight excluding hydrogens is 311 g/mol. The Morgan fingerprint density at radius 1 is 1.12 bits per heavy atom. The number of fused-ring (bicyclic) bond motifs is 1. The number of halogens is 1. The van der Waals surface area contributed by atoms with Crippen molar-refractivity contribution in [3.05, 3.63) is 35.6 Å². The summed E-state index contributed by atoms with van der Waals surface area (Å²) in [6, 6.07) is 5.61. The first-order valence-corrected chi connectivity index (χ1v) is 8.72. The molecule has 2 amide bonds. The average Bonchev–Trinajstić information content (AvgIpc) is 2.60. The van der Waals surface area contributed by atoms with Crippen LogP contribution < -0.4 is 10.2 Å². The minimum atomic E-state index is -0.729. The van der Waals surface area contributed by atoms with Gasteiger partial charge in [-0.3, -0.25) is 10.1 Å². The summed E-state index contributed by atoms with van der Waals surface area (Å²) in [5.41, 5.74) is 0.230. The van der Waals surface area contributed by atoms with Crippen molar-refractivity contribution in [2.24, 2.45) is 5.92 Å². The number of benzene rings is 1. The normalized spacial score (nSPS) is 26.3. The number of amides is 2. The number of hydrogen-bond donors (Lipinski definition) is 2. The highest BCUT2D eigenvalue weighted by Gasteiger charge is 2.37. The van der Waals surface area contributed by atoms with Gasteiger partial charge in [0.2, 0.25) is 0 Å². The van der Waals surface area contributed by atoms with Crippen molar-refractivity contribution in [2.45, 2.75) is 38.1 Å². The number of rotatable bonds is 3. The van der Waals surface area contributed by atoms with Gasteiger partial charge in [-0.1, -0.05) is 0 Å². The molecule has 2 N–H and O–H groups in total. The van der Waals surface area contributed by atoms with Crippen molar-refractivity contribution >= 4 is 12.0 Å². The van der Waals surface area contributed by atoms with Crippen LogP contribution in [0, 0.1) is 11.7 Å². The minimum Gasteiger partial charge on any atom is -0.449 e. The topological polar surface area (TPSA) is 59.8 Å². The van der Waals surface area contributed by atoms with Gasteiger partial charge in [0.15, 0.2) is 0 Å². The molecule has 0 aliphatic carbocycles. The van der Waals surface area contributed by atoms with Gasteiger partial charge in [0, 0.05) is 11.5 Å². The third-order valence-corrected chi connectivity index (χ3v) is 5.18. The van der Waals surface area contributed by atoms with Gasteiger partial charge in [-0.25, -0.2) is 9.18 Å². The Hall–Kier alpha value is -1.95. The van der Waals surface area contributed by atoms with Gasteiger partial charge >= 0.3 is 6.09 Å². The van der Waals surface area contributed by atoms with E-state index in [1.807, 2.05) is 0 Å². The number of carbonyl (C=O) groups excluding carboxylic acids is 2. The molecule has 24 heavy (non-hydrogen) atoms. The Bertz CT molecular complexity index is 588. The number of alkyl carbamates (subject to hydrolysis) is 1. The van der Waals surface area contributed by atoms with Crippen LogP contribution in [0.5, 0.6) is 0 Å². The van der Waals surface area contributed by atoms with E-state index in [-0.39, 0.29) is 5.56 Å². The van der Waals surface area contributed by atoms with Crippen LogP contribution in [0.25, 0.3) is 0 Å². The highest BCUT2D eigenvalue weighted by Crippen LogP contribution is 2.20. The highest BCUT2D eigenvalue weighted by atomic mass is 19.1. The molecule has 1 unspecified atom stereocenters. The molecule has 0 saturated carbocycles. The average molecular weight is 335 g/mol. The van der Waals surface area contributed by atoms with Crippen molar-refractivity contribution in [3.8, 4) is 0 Å². The van der Waals surface area contributed by atoms with Gasteiger partial charge in [-0.2, -0.15) is 0 Å². The van der Waals surface area contributed by atoms with E-state index in [1.165, 1.54) is 56.6 Å². The molecule has 0 aromatic heterocycles. The van der Waals surface area contributed by atoms with E-state index >= 15 is 0 Å². The number of nitrogens with one attached hydrogen (secondary N) is 2. The summed E-state index contributed by atoms with van der Waals surface area (Å²) >= 11 is 0. The Morgan fingerprint density at radius 3 is 2.67 bits per heavy atom. The minimum absolute atomic E-state index is 0.230. The quantitative estimate of drug-likeness (QED) is 0.881. The zero-order chi connectivity index (χ0) is 16.9. The first-order valence-electron chi connectivity index (χ1n) is 8.72. The van der Waals surface area contributed by atoms with E-state index in [0.29, 0.717) is 18.6 Å². The number of piperidine rings is 2. The fraction of sp³-hybridized carbons (Fsp3) is 0.556. The van der Waals surface area contributed by atoms with Gasteiger partial charge in [-0.15, -0.1) is 0 Å². The summed E-state index contributed by atoms with van der Waals surface area (Å²) in [4.78, 5) is 25.4. The number of ether oxygens (including phenoxy) is 1. The van der Waals surface area contributed by atoms with Crippen molar-refractivity contribution in [1.29, 1.82) is 0 Å². The van der Waals surface area contributed by atoms with Crippen molar-refractivity contribution in [1.82, 2.24) is 5.32 Å². The third-order valence-electron chi connectivity index (χ3n) is 5.18. The van der Waals surface area contributed by atoms with Crippen LogP contribution >= 0.6 is 0 Å². The predicted octanol–water partition coefficient (Wildman–Crippen LogP) is 1.54. The van der Waals surface area contributed by atoms with E-state index in [0.717, 1.165) is 12.8 Å². The monoisotopic (exact) mass is 335 g/mol. The summed E-state index contributed by atoms with van der Waals surface area (Å²) in [5, 5.41) is 2.20. The van der Waals surface area contributed by atoms with Crippen LogP contribution in [0.1, 0.15) is 42.5 Å². The smallest absolute Gasteiger partial charge is 0.414 e. The molecule has 3 rings (SSSR count). The van der Waals surface area contributed by atoms with Crippen LogP contribution in [0.2, 0.25) is 0 Å². The molecule has 5 nitrogen and oxygen atoms in total. The number of carbonyl (C=O) groups is 2. The van der Waals surface area contributed by atoms with E-state index in [1.54, 1.807) is 4.90 Å². The van der Waals surface area contributed by atoms with Crippen LogP contribution in [0.15, 0.2) is 24.3 Å². The van der Waals surface area contributed by atoms with Gasteiger partial charge in [0.1, 0.15) is 12.4 Å². The zero-order valence-electron chi connectivity index (χ0n) is 13.7. The number of hydrogen-bond acceptors (Lipinski definition) is 3. The van der Waals surface area contributed by atoms with Crippen LogP contribution in [0.3, 0.4) is 0 Å². The van der Waals surface area contributed by atoms with Gasteiger partial charge in [-0.05, 0) is 56.4 Å². The molecule has 2 fully saturated rings. The van der Waals surface area contributed by atoms with Gasteiger partial charge < -0.3 is 9.64 Å². The van der Waals surface area contributed by atoms with Crippen molar-refractivity contribution in [2.75, 3.05) is 19.7 Å². The fourth-order valence-corrected chi connectivity index (χ4v) is 3.96. The van der Waals surface area contributed by atoms with Crippen molar-refractivity contribution < 1.29 is 23.6 Å². The van der Waals surface area contributed by atoms with Crippen LogP contribution in [0.4, 0.5) is 9.18 Å². The summed E-state index contributed by atoms with van der Waals surface area (Å²) in [5.74, 6) is -0.625. The molecule has 1 aromatic rings. The predicted molar refractivity (Wildman–Crippen MR) is 86.3 cm³/mol. The van der Waals surface area contributed by atoms with Crippen molar-refractivity contribution in [3.63, 3.8) is 0 Å². The standard InChI is InChI=1S/C18H23FN2O3/c19-15-8-6-13(7-9-15)17(22)20-18(23)24-12-14-4-3-11-21-10-2-1-5-16(14)21/h6-9,14,16H,1-5,10-12H2,(H,20,22,23)/p+1/t14-,16-/m0/s1. The molecule has 130 valence electrons. The number of imide groups is 1. The molecule has 0 bridgehead atoms. The molecule has 3 atom stereocenters. The number of quaternary nitrogens is 1. The molecule has 2 saturated heterocycles. The molecule has 0 radical (unpaired) electrons. The second kappa shape index (κ2) is 7.75. The fourth-order valence-electron chi connectivity index (χ4n) is 3.96. The lowest BCUT2D eigenvalue weighted by Gasteiger charge is -2.40. The SMILES string of the molecule is O=C(NC(=O)c1ccc(F)cc1)OC[C@@H]1CCC[NH+]2CCCC[C@@H]12. The van der Waals surface area contributed by atoms with Gasteiger partial charge in [0.25, 0.3) is 5.91 Å². The first kappa shape index (κ1) is 16.9. The van der Waals surface area contributed by atoms with E-state index in [4.69, 9.17) is 4.74 Å². The van der Waals surface area contributed by atoms with Crippen LogP contribution in [-0.4, -0.2) is 37.7 Å².